The smallest absolute Gasteiger partial charge is 0.226 e. The van der Waals surface area contributed by atoms with Crippen LogP contribution in [-0.2, 0) is 11.3 Å². The van der Waals surface area contributed by atoms with Crippen molar-refractivity contribution in [1.29, 1.82) is 0 Å². The molecule has 2 aliphatic rings. The Morgan fingerprint density at radius 3 is 2.67 bits per heavy atom. The summed E-state index contributed by atoms with van der Waals surface area (Å²) >= 11 is 0. The molecule has 4 heteroatoms. The molecule has 1 amide bonds. The Morgan fingerprint density at radius 1 is 1.29 bits per heavy atom. The number of nitrogens with zero attached hydrogens (tertiary/aromatic N) is 1. The molecule has 1 aromatic rings. The number of rotatable bonds is 5. The summed E-state index contributed by atoms with van der Waals surface area (Å²) < 4.78 is 5.66. The van der Waals surface area contributed by atoms with Gasteiger partial charge in [-0.2, -0.15) is 0 Å². The molecule has 1 heterocycles. The van der Waals surface area contributed by atoms with E-state index in [1.54, 1.807) is 0 Å². The maximum absolute atomic E-state index is 13.0. The average Bonchev–Trinajstić information content (AvgIpc) is 3.26. The Hall–Kier alpha value is -1.29. The van der Waals surface area contributed by atoms with Gasteiger partial charge in [-0.25, -0.2) is 0 Å². The van der Waals surface area contributed by atoms with E-state index < -0.39 is 0 Å². The second-order valence-corrected chi connectivity index (χ2v) is 6.60. The maximum Gasteiger partial charge on any atom is 0.226 e. The fourth-order valence-corrected chi connectivity index (χ4v) is 3.54. The van der Waals surface area contributed by atoms with Crippen molar-refractivity contribution in [2.45, 2.75) is 58.0 Å². The molecule has 116 valence electrons. The Morgan fingerprint density at radius 2 is 2.05 bits per heavy atom. The standard InChI is InChI=1S/C17H26N2O2/c1-12-6-9-15(21-12)11-19(14-7-8-14)17(20)16-5-3-2-4-13(16)10-18/h6,9,13-14,16H,2-5,7-8,10-11,18H2,1H3. The highest BCUT2D eigenvalue weighted by Crippen LogP contribution is 2.35. The van der Waals surface area contributed by atoms with E-state index in [-0.39, 0.29) is 5.92 Å². The lowest BCUT2D eigenvalue weighted by atomic mass is 9.78. The van der Waals surface area contributed by atoms with Crippen LogP contribution in [0, 0.1) is 18.8 Å². The van der Waals surface area contributed by atoms with Gasteiger partial charge >= 0.3 is 0 Å². The summed E-state index contributed by atoms with van der Waals surface area (Å²) in [6, 6.07) is 4.37. The Bertz CT molecular complexity index is 493. The summed E-state index contributed by atoms with van der Waals surface area (Å²) in [5, 5.41) is 0. The van der Waals surface area contributed by atoms with Crippen LogP contribution in [-0.4, -0.2) is 23.4 Å². The van der Waals surface area contributed by atoms with Crippen molar-refractivity contribution in [3.63, 3.8) is 0 Å². The minimum atomic E-state index is 0.125. The quantitative estimate of drug-likeness (QED) is 0.907. The number of hydrogen-bond acceptors (Lipinski definition) is 3. The zero-order valence-electron chi connectivity index (χ0n) is 12.9. The van der Waals surface area contributed by atoms with E-state index in [1.807, 2.05) is 19.1 Å². The van der Waals surface area contributed by atoms with Crippen LogP contribution in [0.4, 0.5) is 0 Å². The van der Waals surface area contributed by atoms with Crippen LogP contribution in [0.1, 0.15) is 50.0 Å². The summed E-state index contributed by atoms with van der Waals surface area (Å²) in [6.45, 7) is 3.19. The topological polar surface area (TPSA) is 59.5 Å². The fraction of sp³-hybridized carbons (Fsp3) is 0.706. The van der Waals surface area contributed by atoms with E-state index in [2.05, 4.69) is 4.90 Å². The van der Waals surface area contributed by atoms with Crippen LogP contribution in [0.25, 0.3) is 0 Å². The molecule has 2 unspecified atom stereocenters. The van der Waals surface area contributed by atoms with Crippen molar-refractivity contribution < 1.29 is 9.21 Å². The fourth-order valence-electron chi connectivity index (χ4n) is 3.54. The lowest BCUT2D eigenvalue weighted by Gasteiger charge is -2.34. The number of hydrogen-bond donors (Lipinski definition) is 1. The number of nitrogens with two attached hydrogens (primary N) is 1. The van der Waals surface area contributed by atoms with Crippen LogP contribution in [0.2, 0.25) is 0 Å². The molecule has 2 atom stereocenters. The monoisotopic (exact) mass is 290 g/mol. The highest BCUT2D eigenvalue weighted by Gasteiger charge is 2.39. The van der Waals surface area contributed by atoms with E-state index in [0.29, 0.717) is 31.0 Å². The highest BCUT2D eigenvalue weighted by atomic mass is 16.3. The second kappa shape index (κ2) is 6.22. The van der Waals surface area contributed by atoms with Crippen molar-refractivity contribution in [2.75, 3.05) is 6.54 Å². The van der Waals surface area contributed by atoms with Gasteiger partial charge in [-0.1, -0.05) is 12.8 Å². The molecule has 0 aromatic carbocycles. The molecular formula is C17H26N2O2. The van der Waals surface area contributed by atoms with Crippen molar-refractivity contribution in [3.8, 4) is 0 Å². The van der Waals surface area contributed by atoms with E-state index in [1.165, 1.54) is 6.42 Å². The summed E-state index contributed by atoms with van der Waals surface area (Å²) in [4.78, 5) is 15.0. The zero-order valence-corrected chi connectivity index (χ0v) is 12.9. The van der Waals surface area contributed by atoms with Crippen LogP contribution < -0.4 is 5.73 Å². The highest BCUT2D eigenvalue weighted by molar-refractivity contribution is 5.80. The lowest BCUT2D eigenvalue weighted by molar-refractivity contribution is -0.140. The van der Waals surface area contributed by atoms with Gasteiger partial charge in [-0.3, -0.25) is 4.79 Å². The summed E-state index contributed by atoms with van der Waals surface area (Å²) in [6.07, 6.45) is 6.74. The predicted molar refractivity (Wildman–Crippen MR) is 81.5 cm³/mol. The molecule has 21 heavy (non-hydrogen) atoms. The van der Waals surface area contributed by atoms with Gasteiger partial charge in [0.2, 0.25) is 5.91 Å². The number of carbonyl (C=O) groups excluding carboxylic acids is 1. The summed E-state index contributed by atoms with van der Waals surface area (Å²) in [7, 11) is 0. The SMILES string of the molecule is Cc1ccc(CN(C(=O)C2CCCCC2CN)C2CC2)o1. The van der Waals surface area contributed by atoms with E-state index in [4.69, 9.17) is 10.2 Å². The van der Waals surface area contributed by atoms with Gasteiger partial charge in [0.15, 0.2) is 0 Å². The van der Waals surface area contributed by atoms with E-state index in [9.17, 15) is 4.79 Å². The van der Waals surface area contributed by atoms with Gasteiger partial charge < -0.3 is 15.1 Å². The molecule has 0 aliphatic heterocycles. The first-order valence-electron chi connectivity index (χ1n) is 8.25. The van der Waals surface area contributed by atoms with E-state index in [0.717, 1.165) is 43.6 Å². The number of aryl methyl sites for hydroxylation is 1. The third-order valence-electron chi connectivity index (χ3n) is 4.92. The minimum Gasteiger partial charge on any atom is -0.464 e. The van der Waals surface area contributed by atoms with Crippen molar-refractivity contribution in [1.82, 2.24) is 4.90 Å². The first-order valence-corrected chi connectivity index (χ1v) is 8.25. The Kier molecular flexibility index (Phi) is 4.34. The molecule has 0 bridgehead atoms. The molecule has 2 N–H and O–H groups in total. The molecule has 2 aliphatic carbocycles. The van der Waals surface area contributed by atoms with Gasteiger partial charge in [0, 0.05) is 12.0 Å². The molecule has 1 aromatic heterocycles. The Labute approximate surface area is 126 Å². The average molecular weight is 290 g/mol. The maximum atomic E-state index is 13.0. The van der Waals surface area contributed by atoms with Gasteiger partial charge in [0.25, 0.3) is 0 Å². The van der Waals surface area contributed by atoms with E-state index >= 15 is 0 Å². The summed E-state index contributed by atoms with van der Waals surface area (Å²) in [5.41, 5.74) is 5.89. The molecule has 2 saturated carbocycles. The van der Waals surface area contributed by atoms with Crippen LogP contribution in [0.5, 0.6) is 0 Å². The first-order chi connectivity index (χ1) is 10.2. The zero-order chi connectivity index (χ0) is 14.8. The second-order valence-electron chi connectivity index (χ2n) is 6.60. The van der Waals surface area contributed by atoms with Crippen molar-refractivity contribution >= 4 is 5.91 Å². The molecule has 2 fully saturated rings. The molecule has 0 radical (unpaired) electrons. The number of carbonyl (C=O) groups is 1. The van der Waals surface area contributed by atoms with Crippen LogP contribution in [0.3, 0.4) is 0 Å². The van der Waals surface area contributed by atoms with Crippen molar-refractivity contribution in [2.24, 2.45) is 17.6 Å². The lowest BCUT2D eigenvalue weighted by Crippen LogP contribution is -2.43. The van der Waals surface area contributed by atoms with Gasteiger partial charge in [-0.15, -0.1) is 0 Å². The third-order valence-corrected chi connectivity index (χ3v) is 4.92. The first kappa shape index (κ1) is 14.6. The minimum absolute atomic E-state index is 0.125. The molecular weight excluding hydrogens is 264 g/mol. The number of amides is 1. The van der Waals surface area contributed by atoms with Gasteiger partial charge in [0.1, 0.15) is 11.5 Å². The molecule has 0 saturated heterocycles. The van der Waals surface area contributed by atoms with Crippen LogP contribution >= 0.6 is 0 Å². The Balaban J connectivity index is 1.72. The van der Waals surface area contributed by atoms with Gasteiger partial charge in [-0.05, 0) is 57.2 Å². The number of furan rings is 1. The molecule has 4 nitrogen and oxygen atoms in total. The van der Waals surface area contributed by atoms with Crippen LogP contribution in [0.15, 0.2) is 16.5 Å². The van der Waals surface area contributed by atoms with Crippen molar-refractivity contribution in [3.05, 3.63) is 23.7 Å². The summed E-state index contributed by atoms with van der Waals surface area (Å²) in [5.74, 6) is 2.60. The third kappa shape index (κ3) is 3.31. The normalized spacial score (nSPS) is 25.8. The molecule has 3 rings (SSSR count). The predicted octanol–water partition coefficient (Wildman–Crippen LogP) is 2.84. The van der Waals surface area contributed by atoms with Gasteiger partial charge in [0.05, 0.1) is 6.54 Å². The largest absolute Gasteiger partial charge is 0.464 e. The molecule has 0 spiro atoms.